The lowest BCUT2D eigenvalue weighted by molar-refractivity contribution is 0.112. The third-order valence-corrected chi connectivity index (χ3v) is 3.75. The van der Waals surface area contributed by atoms with E-state index in [9.17, 15) is 4.79 Å². The van der Waals surface area contributed by atoms with E-state index >= 15 is 0 Å². The Labute approximate surface area is 103 Å². The molecule has 0 aliphatic carbocycles. The molecule has 0 spiro atoms. The first-order valence-electron chi connectivity index (χ1n) is 5.04. The van der Waals surface area contributed by atoms with Crippen LogP contribution in [-0.4, -0.2) is 10.9 Å². The highest BCUT2D eigenvalue weighted by Gasteiger charge is 2.15. The van der Waals surface area contributed by atoms with Crippen molar-refractivity contribution < 1.29 is 4.79 Å². The largest absolute Gasteiger partial charge is 0.317 e. The molecule has 1 heterocycles. The molecule has 0 atom stereocenters. The average molecular weight is 278 g/mol. The van der Waals surface area contributed by atoms with Crippen molar-refractivity contribution in [2.24, 2.45) is 0 Å². The molecular weight excluding hydrogens is 266 g/mol. The van der Waals surface area contributed by atoms with Gasteiger partial charge in [0.05, 0.1) is 0 Å². The van der Waals surface area contributed by atoms with Gasteiger partial charge in [0.1, 0.15) is 0 Å². The lowest BCUT2D eigenvalue weighted by atomic mass is 10.2. The summed E-state index contributed by atoms with van der Waals surface area (Å²) < 4.78 is 2.96. The van der Waals surface area contributed by atoms with Crippen LogP contribution in [0.3, 0.4) is 0 Å². The van der Waals surface area contributed by atoms with Crippen LogP contribution >= 0.6 is 15.9 Å². The zero-order valence-corrected chi connectivity index (χ0v) is 10.8. The number of carbonyl (C=O) groups excluding carboxylic acids is 1. The molecular formula is C13H12BrNO. The molecule has 1 aromatic heterocycles. The molecule has 1 aromatic carbocycles. The predicted molar refractivity (Wildman–Crippen MR) is 68.3 cm³/mol. The van der Waals surface area contributed by atoms with E-state index in [2.05, 4.69) is 20.5 Å². The number of carbonyl (C=O) groups is 1. The van der Waals surface area contributed by atoms with Gasteiger partial charge in [0, 0.05) is 27.1 Å². The summed E-state index contributed by atoms with van der Waals surface area (Å²) in [6.07, 6.45) is 0.895. The first-order valence-corrected chi connectivity index (χ1v) is 5.84. The quantitative estimate of drug-likeness (QED) is 0.768. The Morgan fingerprint density at radius 2 is 1.75 bits per heavy atom. The Kier molecular flexibility index (Phi) is 2.97. The number of aldehydes is 1. The van der Waals surface area contributed by atoms with E-state index in [0.29, 0.717) is 0 Å². The van der Waals surface area contributed by atoms with Crippen molar-refractivity contribution in [3.05, 3.63) is 51.8 Å². The van der Waals surface area contributed by atoms with Crippen LogP contribution in [0.5, 0.6) is 0 Å². The molecule has 0 amide bonds. The number of hydrogen-bond donors (Lipinski definition) is 0. The third-order valence-electron chi connectivity index (χ3n) is 2.75. The van der Waals surface area contributed by atoms with Gasteiger partial charge in [0.25, 0.3) is 0 Å². The van der Waals surface area contributed by atoms with Crippen molar-refractivity contribution in [3.63, 3.8) is 0 Å². The van der Waals surface area contributed by atoms with Gasteiger partial charge >= 0.3 is 0 Å². The van der Waals surface area contributed by atoms with Gasteiger partial charge in [-0.3, -0.25) is 4.79 Å². The van der Waals surface area contributed by atoms with E-state index < -0.39 is 0 Å². The molecule has 16 heavy (non-hydrogen) atoms. The van der Waals surface area contributed by atoms with E-state index in [1.54, 1.807) is 0 Å². The summed E-state index contributed by atoms with van der Waals surface area (Å²) in [5, 5.41) is 0. The Bertz CT molecular complexity index is 529. The number of hydrogen-bond acceptors (Lipinski definition) is 1. The van der Waals surface area contributed by atoms with E-state index in [4.69, 9.17) is 0 Å². The minimum Gasteiger partial charge on any atom is -0.317 e. The monoisotopic (exact) mass is 277 g/mol. The SMILES string of the molecule is Cc1c(Br)c(C=O)c(C)n1-c1ccccc1. The molecule has 0 aliphatic heterocycles. The molecule has 0 saturated heterocycles. The van der Waals surface area contributed by atoms with Crippen molar-refractivity contribution in [2.75, 3.05) is 0 Å². The highest BCUT2D eigenvalue weighted by Crippen LogP contribution is 2.29. The Morgan fingerprint density at radius 3 is 2.25 bits per heavy atom. The second kappa shape index (κ2) is 4.26. The van der Waals surface area contributed by atoms with Gasteiger partial charge in [-0.15, -0.1) is 0 Å². The first kappa shape index (κ1) is 11.1. The molecule has 2 aromatic rings. The fourth-order valence-corrected chi connectivity index (χ4v) is 2.48. The molecule has 0 N–H and O–H groups in total. The maximum atomic E-state index is 11.0. The molecule has 0 aliphatic rings. The Balaban J connectivity index is 2.71. The number of aromatic nitrogens is 1. The van der Waals surface area contributed by atoms with Gasteiger partial charge in [-0.1, -0.05) is 18.2 Å². The minimum absolute atomic E-state index is 0.723. The molecule has 0 radical (unpaired) electrons. The second-order valence-electron chi connectivity index (χ2n) is 3.69. The van der Waals surface area contributed by atoms with Crippen LogP contribution in [0.25, 0.3) is 5.69 Å². The van der Waals surface area contributed by atoms with Crippen LogP contribution in [0.4, 0.5) is 0 Å². The summed E-state index contributed by atoms with van der Waals surface area (Å²) in [7, 11) is 0. The van der Waals surface area contributed by atoms with Crippen molar-refractivity contribution in [3.8, 4) is 5.69 Å². The zero-order chi connectivity index (χ0) is 11.7. The molecule has 0 bridgehead atoms. The molecule has 82 valence electrons. The molecule has 2 rings (SSSR count). The van der Waals surface area contributed by atoms with Crippen LogP contribution in [0.1, 0.15) is 21.7 Å². The highest BCUT2D eigenvalue weighted by atomic mass is 79.9. The lowest BCUT2D eigenvalue weighted by Crippen LogP contribution is -1.98. The van der Waals surface area contributed by atoms with Gasteiger partial charge in [-0.05, 0) is 41.9 Å². The summed E-state index contributed by atoms with van der Waals surface area (Å²) in [6.45, 7) is 3.95. The van der Waals surface area contributed by atoms with E-state index in [0.717, 1.165) is 33.4 Å². The average Bonchev–Trinajstić information content (AvgIpc) is 2.51. The van der Waals surface area contributed by atoms with Crippen molar-refractivity contribution in [1.29, 1.82) is 0 Å². The number of rotatable bonds is 2. The van der Waals surface area contributed by atoms with E-state index in [-0.39, 0.29) is 0 Å². The number of benzene rings is 1. The summed E-state index contributed by atoms with van der Waals surface area (Å²) in [5.74, 6) is 0. The van der Waals surface area contributed by atoms with Crippen molar-refractivity contribution >= 4 is 22.2 Å². The predicted octanol–water partition coefficient (Wildman–Crippen LogP) is 3.67. The number of halogens is 1. The smallest absolute Gasteiger partial charge is 0.153 e. The molecule has 2 nitrogen and oxygen atoms in total. The summed E-state index contributed by atoms with van der Waals surface area (Å²) in [5.41, 5.74) is 3.81. The second-order valence-corrected chi connectivity index (χ2v) is 4.48. The van der Waals surface area contributed by atoms with Crippen molar-refractivity contribution in [2.45, 2.75) is 13.8 Å². The maximum Gasteiger partial charge on any atom is 0.153 e. The lowest BCUT2D eigenvalue weighted by Gasteiger charge is -2.08. The normalized spacial score (nSPS) is 10.4. The van der Waals surface area contributed by atoms with E-state index in [1.807, 2.05) is 44.2 Å². The summed E-state index contributed by atoms with van der Waals surface area (Å²) in [4.78, 5) is 11.0. The van der Waals surface area contributed by atoms with Crippen LogP contribution in [-0.2, 0) is 0 Å². The minimum atomic E-state index is 0.723. The Hall–Kier alpha value is -1.35. The molecule has 0 saturated carbocycles. The Morgan fingerprint density at radius 1 is 1.12 bits per heavy atom. The van der Waals surface area contributed by atoms with Gasteiger partial charge < -0.3 is 4.57 Å². The fraction of sp³-hybridized carbons (Fsp3) is 0.154. The van der Waals surface area contributed by atoms with Crippen LogP contribution in [0.2, 0.25) is 0 Å². The van der Waals surface area contributed by atoms with Gasteiger partial charge in [0.2, 0.25) is 0 Å². The number of nitrogens with zero attached hydrogens (tertiary/aromatic N) is 1. The van der Waals surface area contributed by atoms with Crippen molar-refractivity contribution in [1.82, 2.24) is 4.57 Å². The standard InChI is InChI=1S/C13H12BrNO/c1-9-12(8-16)13(14)10(2)15(9)11-6-4-3-5-7-11/h3-8H,1-2H3. The van der Waals surface area contributed by atoms with Gasteiger partial charge in [-0.2, -0.15) is 0 Å². The van der Waals surface area contributed by atoms with E-state index in [1.165, 1.54) is 0 Å². The van der Waals surface area contributed by atoms with Crippen LogP contribution < -0.4 is 0 Å². The first-order chi connectivity index (χ1) is 7.66. The highest BCUT2D eigenvalue weighted by molar-refractivity contribution is 9.10. The molecule has 0 fully saturated rings. The maximum absolute atomic E-state index is 11.0. The van der Waals surface area contributed by atoms with Gasteiger partial charge in [0.15, 0.2) is 6.29 Å². The molecule has 3 heteroatoms. The zero-order valence-electron chi connectivity index (χ0n) is 9.20. The molecule has 0 unspecified atom stereocenters. The fourth-order valence-electron chi connectivity index (χ4n) is 1.93. The third kappa shape index (κ3) is 1.61. The summed E-state index contributed by atoms with van der Waals surface area (Å²) >= 11 is 3.46. The topological polar surface area (TPSA) is 22.0 Å². The number of para-hydroxylation sites is 1. The van der Waals surface area contributed by atoms with Gasteiger partial charge in [-0.25, -0.2) is 0 Å². The van der Waals surface area contributed by atoms with Crippen LogP contribution in [0, 0.1) is 13.8 Å². The summed E-state index contributed by atoms with van der Waals surface area (Å²) in [6, 6.07) is 10.0. The van der Waals surface area contributed by atoms with Crippen LogP contribution in [0.15, 0.2) is 34.8 Å².